The Hall–Kier alpha value is -3.61. The van der Waals surface area contributed by atoms with Gasteiger partial charge in [0.25, 0.3) is 0 Å². The highest BCUT2D eigenvalue weighted by Gasteiger charge is 2.07. The Morgan fingerprint density at radius 3 is 2.72 bits per heavy atom. The van der Waals surface area contributed by atoms with Gasteiger partial charge in [-0.1, -0.05) is 12.1 Å². The topological polar surface area (TPSA) is 75.5 Å². The number of benzene rings is 1. The summed E-state index contributed by atoms with van der Waals surface area (Å²) in [4.78, 5) is 20.3. The van der Waals surface area contributed by atoms with E-state index < -0.39 is 5.97 Å². The van der Waals surface area contributed by atoms with Gasteiger partial charge in [0, 0.05) is 30.2 Å². The first-order valence-electron chi connectivity index (χ1n) is 9.18. The molecule has 0 N–H and O–H groups in total. The number of carbonyl (C=O) groups excluding carboxylic acids is 1. The lowest BCUT2D eigenvalue weighted by Gasteiger charge is -2.13. The molecule has 2 aromatic heterocycles. The molecule has 0 saturated heterocycles. The maximum absolute atomic E-state index is 12.0. The van der Waals surface area contributed by atoms with Crippen molar-refractivity contribution in [1.82, 2.24) is 14.5 Å². The van der Waals surface area contributed by atoms with E-state index in [1.165, 1.54) is 6.08 Å². The summed E-state index contributed by atoms with van der Waals surface area (Å²) >= 11 is 0. The number of carbonyl (C=O) groups is 1. The molecule has 0 bridgehead atoms. The number of hydrogen-bond acceptors (Lipinski definition) is 6. The lowest BCUT2D eigenvalue weighted by atomic mass is 10.2. The van der Waals surface area contributed by atoms with E-state index in [4.69, 9.17) is 14.2 Å². The van der Waals surface area contributed by atoms with Crippen LogP contribution in [-0.2, 0) is 16.1 Å². The second-order valence-electron chi connectivity index (χ2n) is 6.51. The smallest absolute Gasteiger partial charge is 0.331 e. The summed E-state index contributed by atoms with van der Waals surface area (Å²) in [5.74, 6) is 1.58. The number of methoxy groups -OCH3 is 1. The third kappa shape index (κ3) is 5.68. The van der Waals surface area contributed by atoms with E-state index in [2.05, 4.69) is 9.97 Å². The molecule has 0 fully saturated rings. The van der Waals surface area contributed by atoms with Crippen LogP contribution in [0.25, 0.3) is 11.9 Å². The molecule has 0 spiro atoms. The molecule has 2 heterocycles. The van der Waals surface area contributed by atoms with Crippen molar-refractivity contribution in [3.8, 4) is 17.3 Å². The molecule has 0 radical (unpaired) electrons. The molecule has 0 unspecified atom stereocenters. The van der Waals surface area contributed by atoms with Crippen molar-refractivity contribution in [1.29, 1.82) is 0 Å². The van der Waals surface area contributed by atoms with Gasteiger partial charge in [0.1, 0.15) is 18.8 Å². The normalized spacial score (nSPS) is 11.0. The fraction of sp³-hybridized carbons (Fsp3) is 0.227. The van der Waals surface area contributed by atoms with Crippen LogP contribution in [0.2, 0.25) is 0 Å². The standard InChI is InChI=1S/C22H23N3O4/c1-16(2)29-19-7-4-17(12-20(19)27-3)6-9-22(26)28-14-18-5-8-21(24-13-18)25-11-10-23-15-25/h4-13,15-16H,14H2,1-3H3/b9-6+. The maximum atomic E-state index is 12.0. The Morgan fingerprint density at radius 1 is 1.21 bits per heavy atom. The quantitative estimate of drug-likeness (QED) is 0.428. The fourth-order valence-electron chi connectivity index (χ4n) is 2.56. The number of esters is 1. The van der Waals surface area contributed by atoms with Gasteiger partial charge in [-0.3, -0.25) is 4.57 Å². The SMILES string of the molecule is COc1cc(/C=C/C(=O)OCc2ccc(-n3ccnc3)nc2)ccc1OC(C)C. The minimum absolute atomic E-state index is 0.0452. The third-order valence-electron chi connectivity index (χ3n) is 3.92. The summed E-state index contributed by atoms with van der Waals surface area (Å²) in [6.45, 7) is 4.04. The average Bonchev–Trinajstić information content (AvgIpc) is 3.26. The van der Waals surface area contributed by atoms with Crippen LogP contribution >= 0.6 is 0 Å². The van der Waals surface area contributed by atoms with Crippen LogP contribution in [0.15, 0.2) is 61.3 Å². The van der Waals surface area contributed by atoms with Crippen molar-refractivity contribution in [3.63, 3.8) is 0 Å². The van der Waals surface area contributed by atoms with Crippen molar-refractivity contribution in [3.05, 3.63) is 72.5 Å². The number of pyridine rings is 1. The van der Waals surface area contributed by atoms with Crippen molar-refractivity contribution in [2.45, 2.75) is 26.6 Å². The lowest BCUT2D eigenvalue weighted by Crippen LogP contribution is -2.06. The molecule has 7 heteroatoms. The first-order chi connectivity index (χ1) is 14.0. The lowest BCUT2D eigenvalue weighted by molar-refractivity contribution is -0.138. The highest BCUT2D eigenvalue weighted by atomic mass is 16.5. The zero-order valence-corrected chi connectivity index (χ0v) is 16.6. The van der Waals surface area contributed by atoms with Gasteiger partial charge in [0.05, 0.1) is 13.2 Å². The summed E-state index contributed by atoms with van der Waals surface area (Å²) in [7, 11) is 1.58. The third-order valence-corrected chi connectivity index (χ3v) is 3.92. The maximum Gasteiger partial charge on any atom is 0.331 e. The Morgan fingerprint density at radius 2 is 2.07 bits per heavy atom. The Balaban J connectivity index is 1.55. The molecule has 7 nitrogen and oxygen atoms in total. The molecule has 3 rings (SSSR count). The van der Waals surface area contributed by atoms with E-state index in [1.54, 1.807) is 42.5 Å². The van der Waals surface area contributed by atoms with Gasteiger partial charge in [0.2, 0.25) is 0 Å². The predicted octanol–water partition coefficient (Wildman–Crippen LogP) is 3.82. The van der Waals surface area contributed by atoms with E-state index in [0.29, 0.717) is 11.5 Å². The summed E-state index contributed by atoms with van der Waals surface area (Å²) in [5.41, 5.74) is 1.61. The molecule has 0 aliphatic heterocycles. The van der Waals surface area contributed by atoms with Crippen molar-refractivity contribution in [2.75, 3.05) is 7.11 Å². The molecule has 3 aromatic rings. The Bertz CT molecular complexity index is 964. The fourth-order valence-corrected chi connectivity index (χ4v) is 2.56. The van der Waals surface area contributed by atoms with Gasteiger partial charge in [-0.25, -0.2) is 14.8 Å². The zero-order valence-electron chi connectivity index (χ0n) is 16.6. The van der Waals surface area contributed by atoms with Gasteiger partial charge in [0.15, 0.2) is 11.5 Å². The zero-order chi connectivity index (χ0) is 20.6. The Labute approximate surface area is 169 Å². The van der Waals surface area contributed by atoms with E-state index >= 15 is 0 Å². The molecule has 0 atom stereocenters. The number of aromatic nitrogens is 3. The molecule has 29 heavy (non-hydrogen) atoms. The minimum atomic E-state index is -0.440. The van der Waals surface area contributed by atoms with Crippen LogP contribution in [0, 0.1) is 0 Å². The first-order valence-corrected chi connectivity index (χ1v) is 9.18. The predicted molar refractivity (Wildman–Crippen MR) is 109 cm³/mol. The summed E-state index contributed by atoms with van der Waals surface area (Å²) in [6, 6.07) is 9.17. The van der Waals surface area contributed by atoms with E-state index in [9.17, 15) is 4.79 Å². The van der Waals surface area contributed by atoms with Crippen molar-refractivity contribution < 1.29 is 19.0 Å². The number of nitrogens with zero attached hydrogens (tertiary/aromatic N) is 3. The van der Waals surface area contributed by atoms with Gasteiger partial charge in [-0.05, 0) is 43.7 Å². The van der Waals surface area contributed by atoms with Gasteiger partial charge < -0.3 is 14.2 Å². The van der Waals surface area contributed by atoms with Gasteiger partial charge in [-0.15, -0.1) is 0 Å². The number of ether oxygens (including phenoxy) is 3. The van der Waals surface area contributed by atoms with Crippen LogP contribution in [0.4, 0.5) is 0 Å². The highest BCUT2D eigenvalue weighted by molar-refractivity contribution is 5.87. The average molecular weight is 393 g/mol. The van der Waals surface area contributed by atoms with Gasteiger partial charge in [-0.2, -0.15) is 0 Å². The monoisotopic (exact) mass is 393 g/mol. The van der Waals surface area contributed by atoms with Crippen LogP contribution < -0.4 is 9.47 Å². The number of hydrogen-bond donors (Lipinski definition) is 0. The largest absolute Gasteiger partial charge is 0.493 e. The summed E-state index contributed by atoms with van der Waals surface area (Å²) in [6.07, 6.45) is 9.93. The van der Waals surface area contributed by atoms with Gasteiger partial charge >= 0.3 is 5.97 Å². The van der Waals surface area contributed by atoms with Crippen molar-refractivity contribution in [2.24, 2.45) is 0 Å². The number of imidazole rings is 1. The summed E-state index contributed by atoms with van der Waals surface area (Å²) < 4.78 is 18.1. The van der Waals surface area contributed by atoms with E-state index in [-0.39, 0.29) is 12.7 Å². The minimum Gasteiger partial charge on any atom is -0.493 e. The van der Waals surface area contributed by atoms with Crippen LogP contribution in [0.5, 0.6) is 11.5 Å². The number of rotatable bonds is 8. The van der Waals surface area contributed by atoms with E-state index in [1.807, 2.05) is 44.3 Å². The van der Waals surface area contributed by atoms with Crippen LogP contribution in [0.1, 0.15) is 25.0 Å². The second-order valence-corrected chi connectivity index (χ2v) is 6.51. The molecular weight excluding hydrogens is 370 g/mol. The molecule has 150 valence electrons. The molecule has 0 aliphatic carbocycles. The molecule has 0 aliphatic rings. The molecule has 0 amide bonds. The molecule has 1 aromatic carbocycles. The van der Waals surface area contributed by atoms with E-state index in [0.717, 1.165) is 16.9 Å². The summed E-state index contributed by atoms with van der Waals surface area (Å²) in [5, 5.41) is 0. The second kappa shape index (κ2) is 9.54. The highest BCUT2D eigenvalue weighted by Crippen LogP contribution is 2.29. The first kappa shape index (κ1) is 20.1. The van der Waals surface area contributed by atoms with Crippen LogP contribution in [-0.4, -0.2) is 33.7 Å². The molecule has 0 saturated carbocycles. The van der Waals surface area contributed by atoms with Crippen LogP contribution in [0.3, 0.4) is 0 Å². The molecular formula is C22H23N3O4. The Kier molecular flexibility index (Phi) is 6.63. The van der Waals surface area contributed by atoms with Crippen molar-refractivity contribution >= 4 is 12.0 Å².